The molecule has 1 heterocycles. The maximum atomic E-state index is 11.0. The molecule has 0 aliphatic carbocycles. The molecule has 86 valence electrons. The number of aliphatic hydroxyl groups excluding tert-OH is 1. The van der Waals surface area contributed by atoms with Gasteiger partial charge < -0.3 is 10.4 Å². The van der Waals surface area contributed by atoms with Gasteiger partial charge in [0.1, 0.15) is 6.23 Å². The summed E-state index contributed by atoms with van der Waals surface area (Å²) in [4.78, 5) is 11.0. The highest BCUT2D eigenvalue weighted by Crippen LogP contribution is 2.09. The lowest BCUT2D eigenvalue weighted by Crippen LogP contribution is -2.45. The van der Waals surface area contributed by atoms with Crippen LogP contribution in [0.4, 0.5) is 0 Å². The lowest BCUT2D eigenvalue weighted by molar-refractivity contribution is -0.119. The van der Waals surface area contributed by atoms with Crippen molar-refractivity contribution in [2.45, 2.75) is 31.7 Å². The normalized spacial score (nSPS) is 21.8. The van der Waals surface area contributed by atoms with Gasteiger partial charge in [-0.2, -0.15) is 0 Å². The monoisotopic (exact) mass is 220 g/mol. The van der Waals surface area contributed by atoms with Crippen molar-refractivity contribution in [2.75, 3.05) is 0 Å². The first-order chi connectivity index (χ1) is 7.75. The summed E-state index contributed by atoms with van der Waals surface area (Å²) in [6, 6.07) is 9.70. The van der Waals surface area contributed by atoms with Crippen LogP contribution in [0.25, 0.3) is 0 Å². The van der Waals surface area contributed by atoms with Crippen molar-refractivity contribution in [3.8, 4) is 0 Å². The zero-order valence-corrected chi connectivity index (χ0v) is 9.02. The second-order valence-electron chi connectivity index (χ2n) is 4.02. The Bertz CT molecular complexity index is 353. The van der Waals surface area contributed by atoms with Crippen LogP contribution in [0.1, 0.15) is 18.4 Å². The van der Waals surface area contributed by atoms with Gasteiger partial charge in [0.15, 0.2) is 0 Å². The van der Waals surface area contributed by atoms with Gasteiger partial charge in [-0.3, -0.25) is 10.1 Å². The van der Waals surface area contributed by atoms with E-state index in [1.807, 2.05) is 30.3 Å². The Hall–Kier alpha value is -1.39. The van der Waals surface area contributed by atoms with Crippen LogP contribution in [0.3, 0.4) is 0 Å². The Morgan fingerprint density at radius 3 is 2.81 bits per heavy atom. The molecule has 0 saturated carbocycles. The first-order valence-electron chi connectivity index (χ1n) is 5.50. The van der Waals surface area contributed by atoms with Crippen molar-refractivity contribution in [3.05, 3.63) is 35.9 Å². The number of benzene rings is 1. The van der Waals surface area contributed by atoms with Gasteiger partial charge in [0.05, 0.1) is 6.04 Å². The van der Waals surface area contributed by atoms with E-state index in [-0.39, 0.29) is 11.9 Å². The van der Waals surface area contributed by atoms with E-state index in [0.717, 1.165) is 5.56 Å². The third kappa shape index (κ3) is 2.81. The van der Waals surface area contributed by atoms with Crippen molar-refractivity contribution < 1.29 is 9.90 Å². The van der Waals surface area contributed by atoms with E-state index < -0.39 is 6.23 Å². The van der Waals surface area contributed by atoms with Crippen LogP contribution in [0.15, 0.2) is 30.3 Å². The van der Waals surface area contributed by atoms with Crippen molar-refractivity contribution in [2.24, 2.45) is 0 Å². The lowest BCUT2D eigenvalue weighted by atomic mass is 10.2. The van der Waals surface area contributed by atoms with E-state index in [4.69, 9.17) is 0 Å². The predicted octanol–water partition coefficient (Wildman–Crippen LogP) is 0.373. The Balaban J connectivity index is 1.80. The average Bonchev–Trinajstić information content (AvgIpc) is 2.74. The van der Waals surface area contributed by atoms with Gasteiger partial charge in [0.2, 0.25) is 5.91 Å². The third-order valence-corrected chi connectivity index (χ3v) is 2.77. The summed E-state index contributed by atoms with van der Waals surface area (Å²) in [7, 11) is 0. The number of nitrogens with one attached hydrogen (secondary N) is 2. The van der Waals surface area contributed by atoms with E-state index in [0.29, 0.717) is 19.4 Å². The zero-order chi connectivity index (χ0) is 11.4. The first-order valence-corrected chi connectivity index (χ1v) is 5.50. The summed E-state index contributed by atoms with van der Waals surface area (Å²) >= 11 is 0. The molecule has 0 spiro atoms. The molecular weight excluding hydrogens is 204 g/mol. The predicted molar refractivity (Wildman–Crippen MR) is 60.5 cm³/mol. The molecule has 4 heteroatoms. The van der Waals surface area contributed by atoms with Gasteiger partial charge in [0.25, 0.3) is 0 Å². The summed E-state index contributed by atoms with van der Waals surface area (Å²) < 4.78 is 0. The molecule has 1 fully saturated rings. The van der Waals surface area contributed by atoms with Gasteiger partial charge in [-0.1, -0.05) is 30.3 Å². The molecule has 0 bridgehead atoms. The number of hydrogen-bond acceptors (Lipinski definition) is 3. The quantitative estimate of drug-likeness (QED) is 0.643. The molecule has 0 aromatic heterocycles. The molecule has 1 aliphatic rings. The number of aliphatic hydroxyl groups is 1. The van der Waals surface area contributed by atoms with Crippen LogP contribution < -0.4 is 10.6 Å². The summed E-state index contributed by atoms with van der Waals surface area (Å²) in [5.41, 5.74) is 1.12. The minimum absolute atomic E-state index is 0.0190. The molecular formula is C12H16N2O2. The Kier molecular flexibility index (Phi) is 3.54. The topological polar surface area (TPSA) is 61.4 Å². The highest BCUT2D eigenvalue weighted by Gasteiger charge is 2.26. The summed E-state index contributed by atoms with van der Waals surface area (Å²) in [5, 5.41) is 15.5. The Morgan fingerprint density at radius 1 is 1.44 bits per heavy atom. The minimum Gasteiger partial charge on any atom is -0.376 e. The lowest BCUT2D eigenvalue weighted by Gasteiger charge is -2.19. The molecule has 1 saturated heterocycles. The van der Waals surface area contributed by atoms with Crippen molar-refractivity contribution >= 4 is 5.91 Å². The molecule has 4 nitrogen and oxygen atoms in total. The number of rotatable bonds is 4. The summed E-state index contributed by atoms with van der Waals surface area (Å²) in [6.07, 6.45) is 0.531. The molecule has 1 aliphatic heterocycles. The summed E-state index contributed by atoms with van der Waals surface area (Å²) in [5.74, 6) is 0.0190. The molecule has 1 amide bonds. The minimum atomic E-state index is -0.674. The second-order valence-corrected chi connectivity index (χ2v) is 4.02. The molecule has 0 radical (unpaired) electrons. The fourth-order valence-corrected chi connectivity index (χ4v) is 1.84. The number of carbonyl (C=O) groups is 1. The fourth-order valence-electron chi connectivity index (χ4n) is 1.84. The van der Waals surface area contributed by atoms with Gasteiger partial charge in [-0.25, -0.2) is 0 Å². The molecule has 1 aromatic rings. The highest BCUT2D eigenvalue weighted by molar-refractivity contribution is 5.78. The smallest absolute Gasteiger partial charge is 0.220 e. The number of carbonyl (C=O) groups excluding carboxylic acids is 1. The Labute approximate surface area is 94.7 Å². The maximum Gasteiger partial charge on any atom is 0.220 e. The van der Waals surface area contributed by atoms with Crippen molar-refractivity contribution in [1.82, 2.24) is 10.6 Å². The van der Waals surface area contributed by atoms with Gasteiger partial charge in [-0.05, 0) is 12.0 Å². The van der Waals surface area contributed by atoms with Crippen LogP contribution in [0.5, 0.6) is 0 Å². The van der Waals surface area contributed by atoms with Crippen LogP contribution >= 0.6 is 0 Å². The highest BCUT2D eigenvalue weighted by atomic mass is 16.3. The van der Waals surface area contributed by atoms with E-state index in [9.17, 15) is 9.90 Å². The van der Waals surface area contributed by atoms with Crippen LogP contribution in [0.2, 0.25) is 0 Å². The van der Waals surface area contributed by atoms with Crippen molar-refractivity contribution in [1.29, 1.82) is 0 Å². The van der Waals surface area contributed by atoms with Gasteiger partial charge in [-0.15, -0.1) is 0 Å². The number of hydrogen-bond donors (Lipinski definition) is 3. The van der Waals surface area contributed by atoms with Gasteiger partial charge >= 0.3 is 0 Å². The molecule has 3 N–H and O–H groups in total. The fraction of sp³-hybridized carbons (Fsp3) is 0.417. The standard InChI is InChI=1S/C12H16N2O2/c15-11-7-6-10(14-11)12(16)13-8-9-4-2-1-3-5-9/h1-5,10,12-13,16H,6-8H2,(H,14,15). The molecule has 2 atom stereocenters. The largest absolute Gasteiger partial charge is 0.376 e. The molecule has 2 unspecified atom stereocenters. The second kappa shape index (κ2) is 5.09. The van der Waals surface area contributed by atoms with E-state index in [2.05, 4.69) is 10.6 Å². The molecule has 16 heavy (non-hydrogen) atoms. The number of amides is 1. The third-order valence-electron chi connectivity index (χ3n) is 2.77. The van der Waals surface area contributed by atoms with Crippen LogP contribution in [-0.4, -0.2) is 23.3 Å². The molecule has 2 rings (SSSR count). The SMILES string of the molecule is O=C1CCC(C(O)NCc2ccccc2)N1. The van der Waals surface area contributed by atoms with E-state index >= 15 is 0 Å². The van der Waals surface area contributed by atoms with E-state index in [1.54, 1.807) is 0 Å². The van der Waals surface area contributed by atoms with Crippen LogP contribution in [0, 0.1) is 0 Å². The maximum absolute atomic E-state index is 11.0. The van der Waals surface area contributed by atoms with Crippen molar-refractivity contribution in [3.63, 3.8) is 0 Å². The van der Waals surface area contributed by atoms with Gasteiger partial charge in [0, 0.05) is 13.0 Å². The first kappa shape index (κ1) is 11.1. The molecule has 1 aromatic carbocycles. The summed E-state index contributed by atoms with van der Waals surface area (Å²) in [6.45, 7) is 0.606. The van der Waals surface area contributed by atoms with Crippen LogP contribution in [-0.2, 0) is 11.3 Å². The average molecular weight is 220 g/mol. The van der Waals surface area contributed by atoms with E-state index in [1.165, 1.54) is 0 Å². The Morgan fingerprint density at radius 2 is 2.19 bits per heavy atom. The zero-order valence-electron chi connectivity index (χ0n) is 9.02.